The maximum Gasteiger partial charge on any atom is 0.132 e. The molecular formula is C21H26N6. The highest BCUT2D eigenvalue weighted by Crippen LogP contribution is 2.29. The topological polar surface area (TPSA) is 59.7 Å². The number of aromatic nitrogens is 5. The Morgan fingerprint density at radius 1 is 1.11 bits per heavy atom. The van der Waals surface area contributed by atoms with E-state index in [0.717, 1.165) is 67.8 Å². The molecule has 0 aromatic carbocycles. The average molecular weight is 362 g/mol. The average Bonchev–Trinajstić information content (AvgIpc) is 3.16. The minimum Gasteiger partial charge on any atom is -0.356 e. The van der Waals surface area contributed by atoms with E-state index in [4.69, 9.17) is 4.98 Å². The Morgan fingerprint density at radius 2 is 2.04 bits per heavy atom. The molecule has 0 saturated carbocycles. The third kappa shape index (κ3) is 3.99. The molecule has 1 fully saturated rings. The Bertz CT molecular complexity index is 889. The summed E-state index contributed by atoms with van der Waals surface area (Å²) in [6.45, 7) is 6.86. The van der Waals surface area contributed by atoms with Crippen LogP contribution in [-0.4, -0.2) is 37.6 Å². The smallest absolute Gasteiger partial charge is 0.132 e. The summed E-state index contributed by atoms with van der Waals surface area (Å²) in [7, 11) is 0. The van der Waals surface area contributed by atoms with Crippen LogP contribution in [0, 0.1) is 6.92 Å². The van der Waals surface area contributed by atoms with Crippen molar-refractivity contribution in [1.29, 1.82) is 0 Å². The predicted molar refractivity (Wildman–Crippen MR) is 106 cm³/mol. The molecule has 1 saturated heterocycles. The monoisotopic (exact) mass is 362 g/mol. The van der Waals surface area contributed by atoms with E-state index in [0.29, 0.717) is 5.92 Å². The molecule has 4 heterocycles. The first kappa shape index (κ1) is 17.6. The van der Waals surface area contributed by atoms with Crippen LogP contribution >= 0.6 is 0 Å². The highest BCUT2D eigenvalue weighted by atomic mass is 15.2. The van der Waals surface area contributed by atoms with E-state index in [1.807, 2.05) is 31.5 Å². The molecule has 6 nitrogen and oxygen atoms in total. The van der Waals surface area contributed by atoms with Gasteiger partial charge in [-0.1, -0.05) is 13.0 Å². The van der Waals surface area contributed by atoms with Gasteiger partial charge in [0.05, 0.1) is 12.2 Å². The maximum atomic E-state index is 4.69. The van der Waals surface area contributed by atoms with Crippen molar-refractivity contribution in [2.24, 2.45) is 0 Å². The highest BCUT2D eigenvalue weighted by molar-refractivity contribution is 5.41. The van der Waals surface area contributed by atoms with E-state index in [9.17, 15) is 0 Å². The van der Waals surface area contributed by atoms with E-state index in [-0.39, 0.29) is 0 Å². The molecule has 1 atom stereocenters. The van der Waals surface area contributed by atoms with Gasteiger partial charge in [-0.15, -0.1) is 0 Å². The van der Waals surface area contributed by atoms with Crippen molar-refractivity contribution in [3.05, 3.63) is 65.9 Å². The second-order valence-corrected chi connectivity index (χ2v) is 7.14. The number of anilines is 1. The van der Waals surface area contributed by atoms with Crippen molar-refractivity contribution in [3.8, 4) is 0 Å². The van der Waals surface area contributed by atoms with E-state index in [1.165, 1.54) is 0 Å². The molecule has 1 aliphatic heterocycles. The zero-order valence-electron chi connectivity index (χ0n) is 16.0. The largest absolute Gasteiger partial charge is 0.356 e. The second kappa shape index (κ2) is 7.86. The van der Waals surface area contributed by atoms with Crippen molar-refractivity contribution < 1.29 is 0 Å². The number of pyridine rings is 1. The molecule has 6 heteroatoms. The quantitative estimate of drug-likeness (QED) is 0.696. The number of aryl methyl sites for hydroxylation is 2. The standard InChI is InChI=1S/C21H26N6/c1-3-18-13-20(25-16(2)24-18)26-11-6-7-17(14-26)21-23-10-12-27(21)15-19-8-4-5-9-22-19/h4-5,8-10,12-13,17H,3,6-7,11,14-15H2,1-2H3. The van der Waals surface area contributed by atoms with Crippen molar-refractivity contribution in [2.75, 3.05) is 18.0 Å². The van der Waals surface area contributed by atoms with Gasteiger partial charge in [-0.3, -0.25) is 4.98 Å². The number of hydrogen-bond donors (Lipinski definition) is 0. The zero-order valence-corrected chi connectivity index (χ0v) is 16.0. The number of nitrogens with zero attached hydrogens (tertiary/aromatic N) is 6. The summed E-state index contributed by atoms with van der Waals surface area (Å²) in [5.41, 5.74) is 2.17. The lowest BCUT2D eigenvalue weighted by atomic mass is 9.97. The van der Waals surface area contributed by atoms with E-state index < -0.39 is 0 Å². The van der Waals surface area contributed by atoms with Crippen LogP contribution in [-0.2, 0) is 13.0 Å². The second-order valence-electron chi connectivity index (χ2n) is 7.14. The van der Waals surface area contributed by atoms with Gasteiger partial charge in [-0.05, 0) is 38.3 Å². The van der Waals surface area contributed by atoms with Gasteiger partial charge in [0.25, 0.3) is 0 Å². The van der Waals surface area contributed by atoms with Crippen molar-refractivity contribution >= 4 is 5.82 Å². The van der Waals surface area contributed by atoms with Gasteiger partial charge in [-0.25, -0.2) is 15.0 Å². The van der Waals surface area contributed by atoms with Gasteiger partial charge < -0.3 is 9.47 Å². The third-order valence-corrected chi connectivity index (χ3v) is 5.16. The molecule has 0 aliphatic carbocycles. The van der Waals surface area contributed by atoms with Gasteiger partial charge >= 0.3 is 0 Å². The van der Waals surface area contributed by atoms with Crippen LogP contribution < -0.4 is 4.90 Å². The van der Waals surface area contributed by atoms with E-state index in [1.54, 1.807) is 0 Å². The first-order chi connectivity index (χ1) is 13.2. The first-order valence-electron chi connectivity index (χ1n) is 9.73. The third-order valence-electron chi connectivity index (χ3n) is 5.16. The minimum absolute atomic E-state index is 0.401. The number of imidazole rings is 1. The minimum atomic E-state index is 0.401. The van der Waals surface area contributed by atoms with Gasteiger partial charge in [0.15, 0.2) is 0 Å². The Kier molecular flexibility index (Phi) is 5.14. The lowest BCUT2D eigenvalue weighted by Crippen LogP contribution is -2.36. The molecule has 0 spiro atoms. The van der Waals surface area contributed by atoms with Crippen LogP contribution in [0.2, 0.25) is 0 Å². The van der Waals surface area contributed by atoms with Crippen LogP contribution in [0.15, 0.2) is 42.9 Å². The van der Waals surface area contributed by atoms with Gasteiger partial charge in [0, 0.05) is 49.4 Å². The molecule has 27 heavy (non-hydrogen) atoms. The van der Waals surface area contributed by atoms with Crippen molar-refractivity contribution in [3.63, 3.8) is 0 Å². The summed E-state index contributed by atoms with van der Waals surface area (Å²) < 4.78 is 2.24. The Morgan fingerprint density at radius 3 is 2.85 bits per heavy atom. The summed E-state index contributed by atoms with van der Waals surface area (Å²) >= 11 is 0. The molecule has 0 N–H and O–H groups in total. The molecule has 1 unspecified atom stereocenters. The number of hydrogen-bond acceptors (Lipinski definition) is 5. The lowest BCUT2D eigenvalue weighted by molar-refractivity contribution is 0.473. The van der Waals surface area contributed by atoms with Crippen LogP contribution in [0.1, 0.15) is 48.7 Å². The van der Waals surface area contributed by atoms with E-state index in [2.05, 4.69) is 49.7 Å². The summed E-state index contributed by atoms with van der Waals surface area (Å²) in [5, 5.41) is 0. The van der Waals surface area contributed by atoms with Gasteiger partial charge in [0.2, 0.25) is 0 Å². The zero-order chi connectivity index (χ0) is 18.6. The molecule has 0 bridgehead atoms. The summed E-state index contributed by atoms with van der Waals surface area (Å²) in [4.78, 5) is 20.7. The summed E-state index contributed by atoms with van der Waals surface area (Å²) in [5.74, 6) is 3.44. The first-order valence-corrected chi connectivity index (χ1v) is 9.73. The Hall–Kier alpha value is -2.76. The summed E-state index contributed by atoms with van der Waals surface area (Å²) in [6, 6.07) is 8.18. The van der Waals surface area contributed by atoms with Crippen molar-refractivity contribution in [1.82, 2.24) is 24.5 Å². The molecule has 1 aliphatic rings. The van der Waals surface area contributed by atoms with Gasteiger partial charge in [-0.2, -0.15) is 0 Å². The molecule has 140 valence electrons. The molecule has 4 rings (SSSR count). The van der Waals surface area contributed by atoms with Gasteiger partial charge in [0.1, 0.15) is 17.5 Å². The van der Waals surface area contributed by atoms with Crippen LogP contribution in [0.25, 0.3) is 0 Å². The number of rotatable bonds is 5. The molecule has 3 aromatic rings. The van der Waals surface area contributed by atoms with Crippen LogP contribution in [0.3, 0.4) is 0 Å². The van der Waals surface area contributed by atoms with Crippen molar-refractivity contribution in [2.45, 2.75) is 45.6 Å². The molecule has 0 amide bonds. The summed E-state index contributed by atoms with van der Waals surface area (Å²) in [6.07, 6.45) is 9.04. The fraction of sp³-hybridized carbons (Fsp3) is 0.429. The predicted octanol–water partition coefficient (Wildman–Crippen LogP) is 3.37. The fourth-order valence-corrected chi connectivity index (χ4v) is 3.83. The number of piperidine rings is 1. The lowest BCUT2D eigenvalue weighted by Gasteiger charge is -2.33. The fourth-order valence-electron chi connectivity index (χ4n) is 3.83. The Balaban J connectivity index is 1.54. The SMILES string of the molecule is CCc1cc(N2CCCC(c3nccn3Cc3ccccn3)C2)nc(C)n1. The van der Waals surface area contributed by atoms with E-state index >= 15 is 0 Å². The molecule has 3 aromatic heterocycles. The van der Waals surface area contributed by atoms with Crippen LogP contribution in [0.5, 0.6) is 0 Å². The highest BCUT2D eigenvalue weighted by Gasteiger charge is 2.26. The van der Waals surface area contributed by atoms with Crippen LogP contribution in [0.4, 0.5) is 5.82 Å². The maximum absolute atomic E-state index is 4.69. The Labute approximate surface area is 160 Å². The molecular weight excluding hydrogens is 336 g/mol. The molecule has 0 radical (unpaired) electrons. The normalized spacial score (nSPS) is 17.3.